The lowest BCUT2D eigenvalue weighted by atomic mass is 10.00. The van der Waals surface area contributed by atoms with Crippen molar-refractivity contribution < 1.29 is 17.9 Å². The van der Waals surface area contributed by atoms with Crippen LogP contribution in [0.4, 0.5) is 13.2 Å². The molecule has 0 unspecified atom stereocenters. The number of methoxy groups -OCH3 is 1. The molecule has 6 heteroatoms. The minimum absolute atomic E-state index is 0.0231. The fourth-order valence-corrected chi connectivity index (χ4v) is 3.20. The van der Waals surface area contributed by atoms with Crippen LogP contribution >= 0.6 is 0 Å². The molecule has 3 nitrogen and oxygen atoms in total. The van der Waals surface area contributed by atoms with Gasteiger partial charge >= 0.3 is 6.18 Å². The monoisotopic (exact) mass is 410 g/mol. The van der Waals surface area contributed by atoms with Crippen LogP contribution in [0.1, 0.15) is 35.2 Å². The van der Waals surface area contributed by atoms with Crippen molar-refractivity contribution in [3.63, 3.8) is 0 Å². The van der Waals surface area contributed by atoms with Crippen LogP contribution in [-0.4, -0.2) is 7.11 Å². The first-order chi connectivity index (χ1) is 14.3. The van der Waals surface area contributed by atoms with Gasteiger partial charge in [0.1, 0.15) is 5.75 Å². The molecule has 1 N–H and O–H groups in total. The number of nitrogens with one attached hydrogen (secondary N) is 1. The minimum atomic E-state index is -4.37. The Morgan fingerprint density at radius 2 is 1.77 bits per heavy atom. The van der Waals surface area contributed by atoms with Crippen LogP contribution in [0.3, 0.4) is 0 Å². The third kappa shape index (κ3) is 5.00. The quantitative estimate of drug-likeness (QED) is 0.534. The third-order valence-electron chi connectivity index (χ3n) is 4.92. The van der Waals surface area contributed by atoms with E-state index in [1.807, 2.05) is 43.3 Å². The molecular formula is C24H21F3N2O. The summed E-state index contributed by atoms with van der Waals surface area (Å²) in [6.07, 6.45) is -4.37. The fraction of sp³-hybridized carbons (Fsp3) is 0.208. The Kier molecular flexibility index (Phi) is 6.43. The van der Waals surface area contributed by atoms with E-state index >= 15 is 0 Å². The Bertz CT molecular complexity index is 1050. The van der Waals surface area contributed by atoms with Crippen LogP contribution in [0.5, 0.6) is 5.75 Å². The molecule has 0 aliphatic heterocycles. The number of halogens is 3. The maximum Gasteiger partial charge on any atom is 0.416 e. The van der Waals surface area contributed by atoms with Crippen molar-refractivity contribution in [3.05, 3.63) is 89.0 Å². The Balaban J connectivity index is 1.80. The normalized spacial score (nSPS) is 12.3. The summed E-state index contributed by atoms with van der Waals surface area (Å²) in [6, 6.07) is 20.3. The van der Waals surface area contributed by atoms with Gasteiger partial charge < -0.3 is 10.1 Å². The summed E-state index contributed by atoms with van der Waals surface area (Å²) in [5.74, 6) is 0.591. The summed E-state index contributed by atoms with van der Waals surface area (Å²) in [6.45, 7) is 2.56. The van der Waals surface area contributed by atoms with Crippen molar-refractivity contribution in [1.29, 1.82) is 5.26 Å². The molecule has 0 aliphatic rings. The highest BCUT2D eigenvalue weighted by Gasteiger charge is 2.30. The minimum Gasteiger partial charge on any atom is -0.496 e. The molecule has 3 aromatic rings. The van der Waals surface area contributed by atoms with E-state index in [0.29, 0.717) is 23.4 Å². The number of hydrogen-bond acceptors (Lipinski definition) is 3. The molecule has 0 spiro atoms. The molecule has 0 bridgehead atoms. The first-order valence-electron chi connectivity index (χ1n) is 9.40. The standard InChI is InChI=1S/C24H21F3N2O/c1-16(20-5-3-4-17(12-20)14-28)29-15-18-6-11-23(30-2)22(13-18)19-7-9-21(10-8-19)24(25,26)27/h3-13,16,29H,15H2,1-2H3/t16-/m1/s1. The van der Waals surface area contributed by atoms with Crippen molar-refractivity contribution in [2.24, 2.45) is 0 Å². The average molecular weight is 410 g/mol. The first-order valence-corrected chi connectivity index (χ1v) is 9.40. The maximum absolute atomic E-state index is 12.8. The van der Waals surface area contributed by atoms with Crippen molar-refractivity contribution in [3.8, 4) is 22.9 Å². The van der Waals surface area contributed by atoms with Gasteiger partial charge in [-0.3, -0.25) is 0 Å². The molecule has 30 heavy (non-hydrogen) atoms. The van der Waals surface area contributed by atoms with Crippen LogP contribution in [0.15, 0.2) is 66.7 Å². The highest BCUT2D eigenvalue weighted by atomic mass is 19.4. The molecular weight excluding hydrogens is 389 g/mol. The number of hydrogen-bond donors (Lipinski definition) is 1. The molecule has 0 saturated heterocycles. The van der Waals surface area contributed by atoms with Crippen LogP contribution in [0.25, 0.3) is 11.1 Å². The summed E-state index contributed by atoms with van der Waals surface area (Å²) < 4.78 is 43.9. The molecule has 0 radical (unpaired) electrons. The van der Waals surface area contributed by atoms with Gasteiger partial charge in [-0.05, 0) is 60.0 Å². The molecule has 0 aliphatic carbocycles. The maximum atomic E-state index is 12.8. The highest BCUT2D eigenvalue weighted by Crippen LogP contribution is 2.34. The van der Waals surface area contributed by atoms with E-state index in [4.69, 9.17) is 10.00 Å². The highest BCUT2D eigenvalue weighted by molar-refractivity contribution is 5.71. The topological polar surface area (TPSA) is 45.0 Å². The second-order valence-electron chi connectivity index (χ2n) is 6.95. The Morgan fingerprint density at radius 1 is 1.03 bits per heavy atom. The van der Waals surface area contributed by atoms with Gasteiger partial charge in [-0.2, -0.15) is 18.4 Å². The van der Waals surface area contributed by atoms with E-state index in [9.17, 15) is 13.2 Å². The molecule has 0 fully saturated rings. The van der Waals surface area contributed by atoms with Crippen LogP contribution in [0, 0.1) is 11.3 Å². The van der Waals surface area contributed by atoms with E-state index in [1.165, 1.54) is 19.2 Å². The Hall–Kier alpha value is -3.30. The summed E-state index contributed by atoms with van der Waals surface area (Å²) in [5.41, 5.74) is 3.27. The molecule has 3 aromatic carbocycles. The molecule has 1 atom stereocenters. The SMILES string of the molecule is COc1ccc(CN[C@H](C)c2cccc(C#N)c2)cc1-c1ccc(C(F)(F)F)cc1. The molecule has 0 saturated carbocycles. The zero-order chi connectivity index (χ0) is 21.7. The summed E-state index contributed by atoms with van der Waals surface area (Å²) in [5, 5.41) is 12.5. The van der Waals surface area contributed by atoms with E-state index in [2.05, 4.69) is 11.4 Å². The molecule has 0 heterocycles. The van der Waals surface area contributed by atoms with Crippen molar-refractivity contribution >= 4 is 0 Å². The molecule has 0 amide bonds. The van der Waals surface area contributed by atoms with Gasteiger partial charge in [-0.1, -0.05) is 30.3 Å². The largest absolute Gasteiger partial charge is 0.496 e. The van der Waals surface area contributed by atoms with Crippen molar-refractivity contribution in [2.45, 2.75) is 25.7 Å². The lowest BCUT2D eigenvalue weighted by Crippen LogP contribution is -2.18. The third-order valence-corrected chi connectivity index (χ3v) is 4.92. The fourth-order valence-electron chi connectivity index (χ4n) is 3.20. The number of alkyl halides is 3. The Labute approximate surface area is 173 Å². The van der Waals surface area contributed by atoms with Gasteiger partial charge in [0.2, 0.25) is 0 Å². The van der Waals surface area contributed by atoms with Gasteiger partial charge in [0, 0.05) is 18.2 Å². The van der Waals surface area contributed by atoms with Gasteiger partial charge in [0.05, 0.1) is 24.3 Å². The predicted molar refractivity (Wildman–Crippen MR) is 110 cm³/mol. The van der Waals surface area contributed by atoms with Crippen molar-refractivity contribution in [1.82, 2.24) is 5.32 Å². The number of nitriles is 1. The summed E-state index contributed by atoms with van der Waals surface area (Å²) >= 11 is 0. The van der Waals surface area contributed by atoms with Crippen molar-refractivity contribution in [2.75, 3.05) is 7.11 Å². The molecule has 154 valence electrons. The second-order valence-corrected chi connectivity index (χ2v) is 6.95. The van der Waals surface area contributed by atoms with E-state index < -0.39 is 11.7 Å². The number of rotatable bonds is 6. The first kappa shape index (κ1) is 21.4. The van der Waals surface area contributed by atoms with E-state index in [1.54, 1.807) is 6.07 Å². The van der Waals surface area contributed by atoms with Gasteiger partial charge in [0.25, 0.3) is 0 Å². The van der Waals surface area contributed by atoms with Crippen LogP contribution in [-0.2, 0) is 12.7 Å². The zero-order valence-electron chi connectivity index (χ0n) is 16.6. The van der Waals surface area contributed by atoms with Gasteiger partial charge in [-0.15, -0.1) is 0 Å². The Morgan fingerprint density at radius 3 is 2.40 bits per heavy atom. The van der Waals surface area contributed by atoms with Gasteiger partial charge in [0.15, 0.2) is 0 Å². The predicted octanol–water partition coefficient (Wildman–Crippen LogP) is 6.10. The number of nitrogens with zero attached hydrogens (tertiary/aromatic N) is 1. The lowest BCUT2D eigenvalue weighted by Gasteiger charge is -2.16. The van der Waals surface area contributed by atoms with Gasteiger partial charge in [-0.25, -0.2) is 0 Å². The average Bonchev–Trinajstić information content (AvgIpc) is 2.76. The number of benzene rings is 3. The summed E-state index contributed by atoms with van der Waals surface area (Å²) in [7, 11) is 1.53. The second kappa shape index (κ2) is 9.02. The van der Waals surface area contributed by atoms with E-state index in [0.717, 1.165) is 28.8 Å². The summed E-state index contributed by atoms with van der Waals surface area (Å²) in [4.78, 5) is 0. The molecule has 0 aromatic heterocycles. The van der Waals surface area contributed by atoms with Crippen LogP contribution < -0.4 is 10.1 Å². The molecule has 3 rings (SSSR count). The lowest BCUT2D eigenvalue weighted by molar-refractivity contribution is -0.137. The smallest absolute Gasteiger partial charge is 0.416 e. The zero-order valence-corrected chi connectivity index (χ0v) is 16.6. The van der Waals surface area contributed by atoms with Crippen LogP contribution in [0.2, 0.25) is 0 Å². The number of ether oxygens (including phenoxy) is 1. The van der Waals surface area contributed by atoms with E-state index in [-0.39, 0.29) is 6.04 Å².